The maximum atomic E-state index is 11.7. The SMILES string of the molecule is CCOc1ccc2c(C#N)c(-c3ccc(CCCC(=O)NCCO)cc3)n(C3CCC3)c2c1. The Morgan fingerprint density at radius 3 is 2.67 bits per heavy atom. The molecular weight excluding hydrogens is 414 g/mol. The first-order valence-electron chi connectivity index (χ1n) is 11.8. The monoisotopic (exact) mass is 445 g/mol. The molecule has 172 valence electrons. The van der Waals surface area contributed by atoms with Gasteiger partial charge >= 0.3 is 0 Å². The van der Waals surface area contributed by atoms with Crippen LogP contribution in [0.3, 0.4) is 0 Å². The number of nitrogens with one attached hydrogen (secondary N) is 1. The largest absolute Gasteiger partial charge is 0.494 e. The minimum Gasteiger partial charge on any atom is -0.494 e. The van der Waals surface area contributed by atoms with Gasteiger partial charge in [-0.25, -0.2) is 0 Å². The predicted molar refractivity (Wildman–Crippen MR) is 129 cm³/mol. The van der Waals surface area contributed by atoms with Crippen LogP contribution in [0.1, 0.15) is 56.2 Å². The third-order valence-electron chi connectivity index (χ3n) is 6.37. The standard InChI is InChI=1S/C27H31N3O3/c1-2-33-22-13-14-23-24(18-28)27(30(25(23)17-22)21-6-4-7-21)20-11-9-19(10-12-20)5-3-8-26(32)29-15-16-31/h9-14,17,21,31H,2-8,15-16H2,1H3,(H,29,32). The van der Waals surface area contributed by atoms with E-state index in [0.29, 0.717) is 31.2 Å². The zero-order valence-corrected chi connectivity index (χ0v) is 19.1. The van der Waals surface area contributed by atoms with E-state index in [2.05, 4.69) is 46.3 Å². The van der Waals surface area contributed by atoms with Crippen molar-refractivity contribution in [2.75, 3.05) is 19.8 Å². The number of carbonyl (C=O) groups is 1. The minimum atomic E-state index is -0.0393. The molecule has 0 radical (unpaired) electrons. The van der Waals surface area contributed by atoms with Gasteiger partial charge in [0.2, 0.25) is 5.91 Å². The Morgan fingerprint density at radius 1 is 1.24 bits per heavy atom. The number of hydrogen-bond donors (Lipinski definition) is 2. The van der Waals surface area contributed by atoms with Crippen molar-refractivity contribution >= 4 is 16.8 Å². The van der Waals surface area contributed by atoms with E-state index >= 15 is 0 Å². The maximum Gasteiger partial charge on any atom is 0.220 e. The molecule has 6 heteroatoms. The van der Waals surface area contributed by atoms with Crippen LogP contribution in [-0.4, -0.2) is 35.3 Å². The van der Waals surface area contributed by atoms with E-state index in [-0.39, 0.29) is 12.5 Å². The van der Waals surface area contributed by atoms with Crippen LogP contribution in [0, 0.1) is 11.3 Å². The van der Waals surface area contributed by atoms with Crippen LogP contribution < -0.4 is 10.1 Å². The molecule has 1 aliphatic carbocycles. The molecule has 1 saturated carbocycles. The minimum absolute atomic E-state index is 0.0317. The second-order valence-electron chi connectivity index (χ2n) is 8.53. The van der Waals surface area contributed by atoms with Crippen molar-refractivity contribution in [1.82, 2.24) is 9.88 Å². The molecular formula is C27H31N3O3. The van der Waals surface area contributed by atoms with Crippen molar-refractivity contribution in [2.24, 2.45) is 0 Å². The van der Waals surface area contributed by atoms with Gasteiger partial charge in [-0.1, -0.05) is 24.3 Å². The molecule has 1 amide bonds. The van der Waals surface area contributed by atoms with Gasteiger partial charge in [-0.15, -0.1) is 0 Å². The van der Waals surface area contributed by atoms with Crippen LogP contribution in [0.25, 0.3) is 22.2 Å². The molecule has 2 aromatic carbocycles. The summed E-state index contributed by atoms with van der Waals surface area (Å²) in [6.07, 6.45) is 5.46. The third-order valence-corrected chi connectivity index (χ3v) is 6.37. The topological polar surface area (TPSA) is 87.3 Å². The summed E-state index contributed by atoms with van der Waals surface area (Å²) in [5.41, 5.74) is 4.97. The van der Waals surface area contributed by atoms with E-state index in [9.17, 15) is 10.1 Å². The molecule has 1 aliphatic rings. The second kappa shape index (κ2) is 10.5. The highest BCUT2D eigenvalue weighted by Gasteiger charge is 2.28. The number of nitriles is 1. The van der Waals surface area contributed by atoms with Gasteiger partial charge in [0.05, 0.1) is 30.0 Å². The first kappa shape index (κ1) is 22.9. The van der Waals surface area contributed by atoms with Gasteiger partial charge in [0.15, 0.2) is 0 Å². The molecule has 0 bridgehead atoms. The Bertz CT molecular complexity index is 1150. The third kappa shape index (κ3) is 4.89. The molecule has 0 atom stereocenters. The average Bonchev–Trinajstić information content (AvgIpc) is 3.10. The number of aryl methyl sites for hydroxylation is 1. The number of fused-ring (bicyclic) bond motifs is 1. The van der Waals surface area contributed by atoms with Crippen LogP contribution in [0.5, 0.6) is 5.75 Å². The lowest BCUT2D eigenvalue weighted by Gasteiger charge is -2.30. The second-order valence-corrected chi connectivity index (χ2v) is 8.53. The fourth-order valence-corrected chi connectivity index (χ4v) is 4.53. The number of hydrogen-bond acceptors (Lipinski definition) is 4. The molecule has 0 unspecified atom stereocenters. The highest BCUT2D eigenvalue weighted by atomic mass is 16.5. The van der Waals surface area contributed by atoms with Crippen LogP contribution >= 0.6 is 0 Å². The summed E-state index contributed by atoms with van der Waals surface area (Å²) in [5, 5.41) is 22.5. The van der Waals surface area contributed by atoms with Crippen molar-refractivity contribution < 1.29 is 14.6 Å². The van der Waals surface area contributed by atoms with Crippen LogP contribution in [0.4, 0.5) is 0 Å². The molecule has 2 N–H and O–H groups in total. The smallest absolute Gasteiger partial charge is 0.220 e. The average molecular weight is 446 g/mol. The molecule has 1 aromatic heterocycles. The first-order valence-corrected chi connectivity index (χ1v) is 11.8. The molecule has 3 aromatic rings. The van der Waals surface area contributed by atoms with Gasteiger partial charge in [0.1, 0.15) is 11.8 Å². The van der Waals surface area contributed by atoms with Gasteiger partial charge in [-0.2, -0.15) is 5.26 Å². The molecule has 33 heavy (non-hydrogen) atoms. The summed E-state index contributed by atoms with van der Waals surface area (Å²) in [5.74, 6) is 0.799. The summed E-state index contributed by atoms with van der Waals surface area (Å²) in [4.78, 5) is 11.7. The number of rotatable bonds is 10. The number of amides is 1. The fourth-order valence-electron chi connectivity index (χ4n) is 4.53. The van der Waals surface area contributed by atoms with Gasteiger partial charge in [-0.05, 0) is 62.3 Å². The lowest BCUT2D eigenvalue weighted by Crippen LogP contribution is -2.26. The summed E-state index contributed by atoms with van der Waals surface area (Å²) < 4.78 is 8.09. The highest BCUT2D eigenvalue weighted by molar-refractivity contribution is 5.95. The number of ether oxygens (including phenoxy) is 1. The number of carbonyl (C=O) groups excluding carboxylic acids is 1. The Balaban J connectivity index is 1.62. The fraction of sp³-hybridized carbons (Fsp3) is 0.407. The highest BCUT2D eigenvalue weighted by Crippen LogP contribution is 2.43. The zero-order chi connectivity index (χ0) is 23.2. The number of aliphatic hydroxyl groups is 1. The molecule has 0 saturated heterocycles. The van der Waals surface area contributed by atoms with Gasteiger partial charge in [0.25, 0.3) is 0 Å². The number of benzene rings is 2. The summed E-state index contributed by atoms with van der Waals surface area (Å²) in [6.45, 7) is 2.85. The first-order chi connectivity index (χ1) is 16.2. The summed E-state index contributed by atoms with van der Waals surface area (Å²) in [7, 11) is 0. The molecule has 1 fully saturated rings. The van der Waals surface area contributed by atoms with E-state index in [4.69, 9.17) is 9.84 Å². The van der Waals surface area contributed by atoms with Gasteiger partial charge in [0, 0.05) is 30.5 Å². The lowest BCUT2D eigenvalue weighted by atomic mass is 9.92. The van der Waals surface area contributed by atoms with Crippen molar-refractivity contribution in [3.8, 4) is 23.1 Å². The number of aromatic nitrogens is 1. The Labute approximate surface area is 194 Å². The van der Waals surface area contributed by atoms with E-state index in [1.807, 2.05) is 19.1 Å². The Kier molecular flexibility index (Phi) is 7.31. The Morgan fingerprint density at radius 2 is 2.03 bits per heavy atom. The predicted octanol–water partition coefficient (Wildman–Crippen LogP) is 4.73. The Hall–Kier alpha value is -3.30. The normalized spacial score (nSPS) is 13.5. The summed E-state index contributed by atoms with van der Waals surface area (Å²) in [6, 6.07) is 17.3. The maximum absolute atomic E-state index is 11.7. The van der Waals surface area contributed by atoms with Crippen LogP contribution in [0.2, 0.25) is 0 Å². The number of nitrogens with zero attached hydrogens (tertiary/aromatic N) is 2. The van der Waals surface area contributed by atoms with Crippen LogP contribution in [0.15, 0.2) is 42.5 Å². The van der Waals surface area contributed by atoms with E-state index in [1.54, 1.807) is 0 Å². The molecule has 1 heterocycles. The van der Waals surface area contributed by atoms with Crippen molar-refractivity contribution in [1.29, 1.82) is 5.26 Å². The molecule has 0 aliphatic heterocycles. The van der Waals surface area contributed by atoms with Crippen molar-refractivity contribution in [2.45, 2.75) is 51.5 Å². The molecule has 6 nitrogen and oxygen atoms in total. The molecule has 4 rings (SSSR count). The van der Waals surface area contributed by atoms with E-state index in [1.165, 1.54) is 6.42 Å². The zero-order valence-electron chi connectivity index (χ0n) is 19.1. The van der Waals surface area contributed by atoms with Crippen LogP contribution in [-0.2, 0) is 11.2 Å². The van der Waals surface area contributed by atoms with Gasteiger partial charge < -0.3 is 19.7 Å². The quantitative estimate of drug-likeness (QED) is 0.472. The van der Waals surface area contributed by atoms with Gasteiger partial charge in [-0.3, -0.25) is 4.79 Å². The van der Waals surface area contributed by atoms with Crippen molar-refractivity contribution in [3.05, 3.63) is 53.6 Å². The molecule has 0 spiro atoms. The van der Waals surface area contributed by atoms with Crippen molar-refractivity contribution in [3.63, 3.8) is 0 Å². The van der Waals surface area contributed by atoms with E-state index in [0.717, 1.165) is 59.2 Å². The number of aliphatic hydroxyl groups excluding tert-OH is 1. The van der Waals surface area contributed by atoms with E-state index < -0.39 is 0 Å². The lowest BCUT2D eigenvalue weighted by molar-refractivity contribution is -0.121. The summed E-state index contributed by atoms with van der Waals surface area (Å²) >= 11 is 0.